The molecule has 0 spiro atoms. The molecule has 1 fully saturated rings. The Kier molecular flexibility index (Phi) is 5.56. The van der Waals surface area contributed by atoms with E-state index in [1.54, 1.807) is 6.20 Å². The zero-order valence-corrected chi connectivity index (χ0v) is 12.9. The molecule has 5 nitrogen and oxygen atoms in total. The van der Waals surface area contributed by atoms with Gasteiger partial charge in [-0.2, -0.15) is 0 Å². The predicted octanol–water partition coefficient (Wildman–Crippen LogP) is 1.82. The van der Waals surface area contributed by atoms with Crippen LogP contribution in [0.5, 0.6) is 0 Å². The van der Waals surface area contributed by atoms with E-state index in [-0.39, 0.29) is 12.0 Å². The summed E-state index contributed by atoms with van der Waals surface area (Å²) in [6.45, 7) is 6.34. The van der Waals surface area contributed by atoms with E-state index in [1.807, 2.05) is 26.0 Å². The number of hydrogen-bond acceptors (Lipinski definition) is 4. The number of aliphatic hydroxyl groups is 1. The zero-order valence-electron chi connectivity index (χ0n) is 12.9. The van der Waals surface area contributed by atoms with Crippen molar-refractivity contribution < 1.29 is 9.90 Å². The molecule has 0 bridgehead atoms. The first-order chi connectivity index (χ1) is 10.1. The van der Waals surface area contributed by atoms with Crippen LogP contribution in [0.1, 0.15) is 43.5 Å². The largest absolute Gasteiger partial charge is 0.393 e. The lowest BCUT2D eigenvalue weighted by atomic mass is 9.93. The van der Waals surface area contributed by atoms with Gasteiger partial charge < -0.3 is 15.3 Å². The van der Waals surface area contributed by atoms with E-state index < -0.39 is 0 Å². The molecule has 116 valence electrons. The summed E-state index contributed by atoms with van der Waals surface area (Å²) < 4.78 is 0. The molecular weight excluding hydrogens is 266 g/mol. The number of nitrogens with one attached hydrogen (secondary N) is 1. The van der Waals surface area contributed by atoms with Gasteiger partial charge in [-0.25, -0.2) is 4.98 Å². The van der Waals surface area contributed by atoms with Gasteiger partial charge in [0.05, 0.1) is 11.7 Å². The number of pyridine rings is 1. The molecule has 1 saturated heterocycles. The topological polar surface area (TPSA) is 65.5 Å². The van der Waals surface area contributed by atoms with Crippen LogP contribution in [0.4, 0.5) is 5.82 Å². The summed E-state index contributed by atoms with van der Waals surface area (Å²) in [5.41, 5.74) is 0.594. The van der Waals surface area contributed by atoms with Crippen LogP contribution >= 0.6 is 0 Å². The molecule has 2 heterocycles. The quantitative estimate of drug-likeness (QED) is 0.868. The van der Waals surface area contributed by atoms with Crippen molar-refractivity contribution in [3.63, 3.8) is 0 Å². The Labute approximate surface area is 126 Å². The highest BCUT2D eigenvalue weighted by atomic mass is 16.3. The summed E-state index contributed by atoms with van der Waals surface area (Å²) in [6.07, 6.45) is 4.40. The molecule has 5 heteroatoms. The fourth-order valence-corrected chi connectivity index (χ4v) is 2.66. The van der Waals surface area contributed by atoms with Crippen LogP contribution in [-0.2, 0) is 0 Å². The van der Waals surface area contributed by atoms with Crippen molar-refractivity contribution in [2.75, 3.05) is 24.5 Å². The molecule has 1 aromatic heterocycles. The Bertz CT molecular complexity index is 459. The summed E-state index contributed by atoms with van der Waals surface area (Å²) in [6, 6.07) is 3.71. The molecule has 2 atom stereocenters. The van der Waals surface area contributed by atoms with Gasteiger partial charge >= 0.3 is 0 Å². The third kappa shape index (κ3) is 4.17. The van der Waals surface area contributed by atoms with Crippen molar-refractivity contribution in [3.8, 4) is 0 Å². The average Bonchev–Trinajstić information content (AvgIpc) is 2.53. The Hall–Kier alpha value is -1.62. The molecule has 1 aliphatic heterocycles. The average molecular weight is 291 g/mol. The highest BCUT2D eigenvalue weighted by Crippen LogP contribution is 2.23. The molecule has 21 heavy (non-hydrogen) atoms. The van der Waals surface area contributed by atoms with E-state index in [0.29, 0.717) is 18.0 Å². The summed E-state index contributed by atoms with van der Waals surface area (Å²) in [4.78, 5) is 18.4. The monoisotopic (exact) mass is 291 g/mol. The number of aromatic nitrogens is 1. The summed E-state index contributed by atoms with van der Waals surface area (Å²) in [7, 11) is 0. The molecule has 0 saturated carbocycles. The molecule has 2 unspecified atom stereocenters. The molecule has 1 aromatic rings. The highest BCUT2D eigenvalue weighted by molar-refractivity contribution is 5.94. The van der Waals surface area contributed by atoms with Crippen LogP contribution in [0.15, 0.2) is 18.3 Å². The van der Waals surface area contributed by atoms with Gasteiger partial charge in [-0.15, -0.1) is 0 Å². The Morgan fingerprint density at radius 2 is 2.38 bits per heavy atom. The summed E-state index contributed by atoms with van der Waals surface area (Å²) in [5, 5.41) is 12.6. The van der Waals surface area contributed by atoms with Gasteiger partial charge in [-0.3, -0.25) is 4.79 Å². The summed E-state index contributed by atoms with van der Waals surface area (Å²) in [5.74, 6) is 1.11. The molecule has 2 rings (SSSR count). The standard InChI is InChI=1S/C16H25N3O2/c1-3-8-17-16(21)13-6-7-15(18-10-13)19-9-4-5-14(11-19)12(2)20/h6-7,10,12,14,20H,3-5,8-9,11H2,1-2H3,(H,17,21). The van der Waals surface area contributed by atoms with Crippen molar-refractivity contribution in [3.05, 3.63) is 23.9 Å². The van der Waals surface area contributed by atoms with Crippen molar-refractivity contribution >= 4 is 11.7 Å². The van der Waals surface area contributed by atoms with Gasteiger partial charge in [0, 0.05) is 31.7 Å². The lowest BCUT2D eigenvalue weighted by Crippen LogP contribution is -2.40. The number of piperidine rings is 1. The second kappa shape index (κ2) is 7.41. The van der Waals surface area contributed by atoms with Gasteiger partial charge in [0.1, 0.15) is 5.82 Å². The number of aliphatic hydroxyl groups excluding tert-OH is 1. The van der Waals surface area contributed by atoms with Crippen LogP contribution in [0.2, 0.25) is 0 Å². The van der Waals surface area contributed by atoms with Crippen LogP contribution in [0.25, 0.3) is 0 Å². The first kappa shape index (κ1) is 15.8. The first-order valence-electron chi connectivity index (χ1n) is 7.79. The minimum Gasteiger partial charge on any atom is -0.393 e. The van der Waals surface area contributed by atoms with E-state index in [1.165, 1.54) is 0 Å². The van der Waals surface area contributed by atoms with Gasteiger partial charge in [0.15, 0.2) is 0 Å². The van der Waals surface area contributed by atoms with Gasteiger partial charge in [-0.1, -0.05) is 6.92 Å². The van der Waals surface area contributed by atoms with Crippen LogP contribution in [0, 0.1) is 5.92 Å². The molecule has 0 aliphatic carbocycles. The van der Waals surface area contributed by atoms with Crippen LogP contribution in [0.3, 0.4) is 0 Å². The lowest BCUT2D eigenvalue weighted by Gasteiger charge is -2.34. The van der Waals surface area contributed by atoms with Crippen molar-refractivity contribution in [2.45, 2.75) is 39.2 Å². The van der Waals surface area contributed by atoms with Crippen molar-refractivity contribution in [1.29, 1.82) is 0 Å². The fraction of sp³-hybridized carbons (Fsp3) is 0.625. The smallest absolute Gasteiger partial charge is 0.252 e. The fourth-order valence-electron chi connectivity index (χ4n) is 2.66. The third-order valence-corrected chi connectivity index (χ3v) is 4.01. The van der Waals surface area contributed by atoms with E-state index in [4.69, 9.17) is 0 Å². The van der Waals surface area contributed by atoms with Crippen molar-refractivity contribution in [2.24, 2.45) is 5.92 Å². The summed E-state index contributed by atoms with van der Waals surface area (Å²) >= 11 is 0. The molecule has 0 radical (unpaired) electrons. The normalized spacial score (nSPS) is 20.1. The predicted molar refractivity (Wildman–Crippen MR) is 83.5 cm³/mol. The zero-order chi connectivity index (χ0) is 15.2. The van der Waals surface area contributed by atoms with Gasteiger partial charge in [-0.05, 0) is 38.3 Å². The van der Waals surface area contributed by atoms with Crippen LogP contribution < -0.4 is 10.2 Å². The highest BCUT2D eigenvalue weighted by Gasteiger charge is 2.24. The number of hydrogen-bond donors (Lipinski definition) is 2. The first-order valence-corrected chi connectivity index (χ1v) is 7.79. The maximum atomic E-state index is 11.8. The van der Waals surface area contributed by atoms with E-state index in [9.17, 15) is 9.90 Å². The molecular formula is C16H25N3O2. The maximum absolute atomic E-state index is 11.8. The number of rotatable bonds is 5. The Morgan fingerprint density at radius 1 is 1.57 bits per heavy atom. The minimum absolute atomic E-state index is 0.0728. The number of carbonyl (C=O) groups is 1. The van der Waals surface area contributed by atoms with E-state index in [2.05, 4.69) is 15.2 Å². The second-order valence-electron chi connectivity index (χ2n) is 5.75. The third-order valence-electron chi connectivity index (χ3n) is 4.01. The van der Waals surface area contributed by atoms with E-state index >= 15 is 0 Å². The SMILES string of the molecule is CCCNC(=O)c1ccc(N2CCCC(C(C)O)C2)nc1. The number of anilines is 1. The lowest BCUT2D eigenvalue weighted by molar-refractivity contribution is 0.0953. The molecule has 1 aliphatic rings. The van der Waals surface area contributed by atoms with Crippen molar-refractivity contribution in [1.82, 2.24) is 10.3 Å². The van der Waals surface area contributed by atoms with E-state index in [0.717, 1.165) is 38.2 Å². The molecule has 1 amide bonds. The molecule has 0 aromatic carbocycles. The van der Waals surface area contributed by atoms with Crippen LogP contribution in [-0.4, -0.2) is 41.7 Å². The number of nitrogens with zero attached hydrogens (tertiary/aromatic N) is 2. The number of carbonyl (C=O) groups excluding carboxylic acids is 1. The maximum Gasteiger partial charge on any atom is 0.252 e. The number of amides is 1. The minimum atomic E-state index is -0.285. The second-order valence-corrected chi connectivity index (χ2v) is 5.75. The Balaban J connectivity index is 2.00. The van der Waals surface area contributed by atoms with Gasteiger partial charge in [0.2, 0.25) is 0 Å². The van der Waals surface area contributed by atoms with Gasteiger partial charge in [0.25, 0.3) is 5.91 Å². The Morgan fingerprint density at radius 3 is 3.00 bits per heavy atom. The molecule has 2 N–H and O–H groups in total.